The molecule has 1 fully saturated rings. The molecule has 1 aromatic heterocycles. The van der Waals surface area contributed by atoms with Gasteiger partial charge in [0.25, 0.3) is 5.91 Å². The molecule has 3 rings (SSSR count). The number of carbonyl (C=O) groups is 2. The van der Waals surface area contributed by atoms with Crippen LogP contribution in [0.4, 0.5) is 0 Å². The van der Waals surface area contributed by atoms with Gasteiger partial charge in [-0.25, -0.2) is 4.68 Å². The van der Waals surface area contributed by atoms with Crippen LogP contribution in [0.3, 0.4) is 0 Å². The molecule has 1 aromatic carbocycles. The zero-order chi connectivity index (χ0) is 17.8. The van der Waals surface area contributed by atoms with Crippen molar-refractivity contribution in [2.75, 3.05) is 19.6 Å². The standard InChI is InChI=1S/C17H20ClN5O2/c1-2-19-16(24)12-6-5-9-22(10-12)17(25)14-11-23(21-20-14)15-8-4-3-7-13(15)18/h3-4,7-8,11-12H,2,5-6,9-10H2,1H3,(H,19,24). The van der Waals surface area contributed by atoms with Crippen LogP contribution in [-0.2, 0) is 4.79 Å². The van der Waals surface area contributed by atoms with Gasteiger partial charge in [-0.3, -0.25) is 9.59 Å². The molecule has 2 amide bonds. The highest BCUT2D eigenvalue weighted by Crippen LogP contribution is 2.21. The summed E-state index contributed by atoms with van der Waals surface area (Å²) in [5.74, 6) is -0.386. The lowest BCUT2D eigenvalue weighted by atomic mass is 9.97. The predicted octanol–water partition coefficient (Wildman–Crippen LogP) is 1.91. The van der Waals surface area contributed by atoms with Crippen LogP contribution >= 0.6 is 11.6 Å². The lowest BCUT2D eigenvalue weighted by molar-refractivity contribution is -0.126. The van der Waals surface area contributed by atoms with Gasteiger partial charge in [-0.2, -0.15) is 0 Å². The second-order valence-electron chi connectivity index (χ2n) is 5.98. The van der Waals surface area contributed by atoms with Crippen LogP contribution in [0.2, 0.25) is 5.02 Å². The number of hydrogen-bond donors (Lipinski definition) is 1. The number of nitrogens with one attached hydrogen (secondary N) is 1. The smallest absolute Gasteiger partial charge is 0.276 e. The number of benzene rings is 1. The highest BCUT2D eigenvalue weighted by Gasteiger charge is 2.29. The molecule has 1 unspecified atom stereocenters. The molecule has 0 bridgehead atoms. The van der Waals surface area contributed by atoms with Crippen LogP contribution < -0.4 is 5.32 Å². The lowest BCUT2D eigenvalue weighted by Gasteiger charge is -2.31. The van der Waals surface area contributed by atoms with Crippen molar-refractivity contribution in [2.24, 2.45) is 5.92 Å². The van der Waals surface area contributed by atoms with E-state index in [1.807, 2.05) is 19.1 Å². The third kappa shape index (κ3) is 3.82. The molecule has 0 radical (unpaired) electrons. The van der Waals surface area contributed by atoms with E-state index in [1.54, 1.807) is 23.2 Å². The monoisotopic (exact) mass is 361 g/mol. The van der Waals surface area contributed by atoms with E-state index in [9.17, 15) is 9.59 Å². The van der Waals surface area contributed by atoms with Gasteiger partial charge < -0.3 is 10.2 Å². The van der Waals surface area contributed by atoms with Crippen LogP contribution in [0.5, 0.6) is 0 Å². The molecule has 2 heterocycles. The first kappa shape index (κ1) is 17.4. The molecule has 1 saturated heterocycles. The highest BCUT2D eigenvalue weighted by molar-refractivity contribution is 6.32. The number of aromatic nitrogens is 3. The van der Waals surface area contributed by atoms with Gasteiger partial charge in [-0.1, -0.05) is 28.9 Å². The van der Waals surface area contributed by atoms with E-state index in [0.29, 0.717) is 30.3 Å². The van der Waals surface area contributed by atoms with E-state index < -0.39 is 0 Å². The van der Waals surface area contributed by atoms with Crippen molar-refractivity contribution in [2.45, 2.75) is 19.8 Å². The summed E-state index contributed by atoms with van der Waals surface area (Å²) in [6.07, 6.45) is 3.16. The lowest BCUT2D eigenvalue weighted by Crippen LogP contribution is -2.45. The SMILES string of the molecule is CCNC(=O)C1CCCN(C(=O)c2cn(-c3ccccc3Cl)nn2)C1. The number of amides is 2. The Morgan fingerprint density at radius 2 is 2.16 bits per heavy atom. The quantitative estimate of drug-likeness (QED) is 0.902. The number of rotatable bonds is 4. The molecule has 1 aliphatic rings. The maximum absolute atomic E-state index is 12.7. The maximum atomic E-state index is 12.7. The Labute approximate surface area is 150 Å². The molecule has 7 nitrogen and oxygen atoms in total. The largest absolute Gasteiger partial charge is 0.356 e. The van der Waals surface area contributed by atoms with Gasteiger partial charge in [0.2, 0.25) is 5.91 Å². The summed E-state index contributed by atoms with van der Waals surface area (Å²) in [5, 5.41) is 11.3. The minimum absolute atomic E-state index is 0.000258. The van der Waals surface area contributed by atoms with Gasteiger partial charge in [0.1, 0.15) is 0 Å². The maximum Gasteiger partial charge on any atom is 0.276 e. The molecule has 1 N–H and O–H groups in total. The average Bonchev–Trinajstić information content (AvgIpc) is 3.11. The Balaban J connectivity index is 1.73. The summed E-state index contributed by atoms with van der Waals surface area (Å²) in [7, 11) is 0. The molecule has 1 atom stereocenters. The first-order chi connectivity index (χ1) is 12.1. The number of para-hydroxylation sites is 1. The predicted molar refractivity (Wildman–Crippen MR) is 93.7 cm³/mol. The van der Waals surface area contributed by atoms with Gasteiger partial charge in [0.05, 0.1) is 22.8 Å². The van der Waals surface area contributed by atoms with Crippen LogP contribution in [0, 0.1) is 5.92 Å². The number of nitrogens with zero attached hydrogens (tertiary/aromatic N) is 4. The third-order valence-corrected chi connectivity index (χ3v) is 4.56. The molecule has 0 aliphatic carbocycles. The van der Waals surface area contributed by atoms with Gasteiger partial charge in [0, 0.05) is 19.6 Å². The van der Waals surface area contributed by atoms with Gasteiger partial charge in [0.15, 0.2) is 5.69 Å². The average molecular weight is 362 g/mol. The zero-order valence-electron chi connectivity index (χ0n) is 14.0. The fourth-order valence-electron chi connectivity index (χ4n) is 2.97. The van der Waals surface area contributed by atoms with Crippen molar-refractivity contribution < 1.29 is 9.59 Å². The van der Waals surface area contributed by atoms with Crippen LogP contribution in [0.25, 0.3) is 5.69 Å². The first-order valence-corrected chi connectivity index (χ1v) is 8.72. The Morgan fingerprint density at radius 3 is 2.92 bits per heavy atom. The number of piperidine rings is 1. The van der Waals surface area contributed by atoms with E-state index in [1.165, 1.54) is 4.68 Å². The Kier molecular flexibility index (Phi) is 5.33. The van der Waals surface area contributed by atoms with Crippen molar-refractivity contribution in [1.29, 1.82) is 0 Å². The summed E-state index contributed by atoms with van der Waals surface area (Å²) < 4.78 is 1.49. The molecule has 2 aromatic rings. The number of carbonyl (C=O) groups excluding carboxylic acids is 2. The van der Waals surface area contributed by atoms with Crippen molar-refractivity contribution in [3.05, 3.63) is 41.2 Å². The Bertz CT molecular complexity index is 776. The number of halogens is 1. The van der Waals surface area contributed by atoms with E-state index >= 15 is 0 Å². The summed E-state index contributed by atoms with van der Waals surface area (Å²) in [6, 6.07) is 7.22. The first-order valence-electron chi connectivity index (χ1n) is 8.34. The molecule has 132 valence electrons. The topological polar surface area (TPSA) is 80.1 Å². The van der Waals surface area contributed by atoms with E-state index in [2.05, 4.69) is 15.6 Å². The fourth-order valence-corrected chi connectivity index (χ4v) is 3.20. The summed E-state index contributed by atoms with van der Waals surface area (Å²) in [5.41, 5.74) is 0.908. The molecule has 0 saturated carbocycles. The van der Waals surface area contributed by atoms with E-state index in [4.69, 9.17) is 11.6 Å². The number of hydrogen-bond acceptors (Lipinski definition) is 4. The minimum Gasteiger partial charge on any atom is -0.356 e. The van der Waals surface area contributed by atoms with Gasteiger partial charge in [-0.15, -0.1) is 5.10 Å². The van der Waals surface area contributed by atoms with Crippen molar-refractivity contribution in [3.63, 3.8) is 0 Å². The summed E-state index contributed by atoms with van der Waals surface area (Å²) in [4.78, 5) is 26.4. The van der Waals surface area contributed by atoms with Crippen LogP contribution in [0.1, 0.15) is 30.3 Å². The number of likely N-dealkylation sites (tertiary alicyclic amines) is 1. The second-order valence-corrected chi connectivity index (χ2v) is 6.39. The third-order valence-electron chi connectivity index (χ3n) is 4.24. The van der Waals surface area contributed by atoms with E-state index in [-0.39, 0.29) is 23.4 Å². The Morgan fingerprint density at radius 1 is 1.36 bits per heavy atom. The van der Waals surface area contributed by atoms with Gasteiger partial charge >= 0.3 is 0 Å². The zero-order valence-corrected chi connectivity index (χ0v) is 14.7. The molecule has 25 heavy (non-hydrogen) atoms. The van der Waals surface area contributed by atoms with Crippen LogP contribution in [-0.4, -0.2) is 51.3 Å². The summed E-state index contributed by atoms with van der Waals surface area (Å²) >= 11 is 6.15. The minimum atomic E-state index is -0.215. The fraction of sp³-hybridized carbons (Fsp3) is 0.412. The molecule has 0 spiro atoms. The van der Waals surface area contributed by atoms with Crippen molar-refractivity contribution in [3.8, 4) is 5.69 Å². The van der Waals surface area contributed by atoms with Crippen LogP contribution in [0.15, 0.2) is 30.5 Å². The van der Waals surface area contributed by atoms with Crippen molar-refractivity contribution >= 4 is 23.4 Å². The van der Waals surface area contributed by atoms with E-state index in [0.717, 1.165) is 12.8 Å². The summed E-state index contributed by atoms with van der Waals surface area (Å²) in [6.45, 7) is 3.50. The normalized spacial score (nSPS) is 17.4. The second kappa shape index (κ2) is 7.65. The van der Waals surface area contributed by atoms with Gasteiger partial charge in [-0.05, 0) is 31.9 Å². The molecular weight excluding hydrogens is 342 g/mol. The molecule has 8 heteroatoms. The highest BCUT2D eigenvalue weighted by atomic mass is 35.5. The molecule has 1 aliphatic heterocycles. The van der Waals surface area contributed by atoms with Crippen molar-refractivity contribution in [1.82, 2.24) is 25.2 Å². The molecular formula is C17H20ClN5O2. The Hall–Kier alpha value is -2.41.